The van der Waals surface area contributed by atoms with E-state index in [0.717, 1.165) is 84.0 Å². The summed E-state index contributed by atoms with van der Waals surface area (Å²) in [5, 5.41) is 1.52. The molecule has 2 aliphatic rings. The SMILES string of the molecule is COC1CCC(Cn2c(=O)n(C3=CCCCC3)c3ncc(-c4cnc5[nH]cc(Cl)c5c4)cc32)CC1. The lowest BCUT2D eigenvalue weighted by Crippen LogP contribution is -2.29. The van der Waals surface area contributed by atoms with Crippen LogP contribution in [-0.4, -0.2) is 37.3 Å². The van der Waals surface area contributed by atoms with Crippen LogP contribution in [-0.2, 0) is 11.3 Å². The lowest BCUT2D eigenvalue weighted by molar-refractivity contribution is 0.0542. The molecular formula is C27H30ClN5O2. The van der Waals surface area contributed by atoms with E-state index in [0.29, 0.717) is 23.6 Å². The van der Waals surface area contributed by atoms with Crippen LogP contribution in [0.4, 0.5) is 0 Å². The van der Waals surface area contributed by atoms with Gasteiger partial charge in [0.1, 0.15) is 5.65 Å². The van der Waals surface area contributed by atoms with Gasteiger partial charge < -0.3 is 9.72 Å². The first-order valence-corrected chi connectivity index (χ1v) is 13.0. The molecule has 0 spiro atoms. The second-order valence-electron chi connectivity index (χ2n) is 9.87. The molecular weight excluding hydrogens is 462 g/mol. The van der Waals surface area contributed by atoms with Gasteiger partial charge in [0.15, 0.2) is 5.65 Å². The van der Waals surface area contributed by atoms with E-state index in [2.05, 4.69) is 22.1 Å². The standard InChI is InChI=1S/C27H30ClN5O2/c1-35-21-9-7-17(8-10-21)16-32-24-12-19(18-11-22-23(28)15-30-25(22)29-13-18)14-31-26(24)33(27(32)34)20-5-3-2-4-6-20/h5,11-15,17,21H,2-4,6-10,16H2,1H3,(H,29,30). The Hall–Kier alpha value is -2.90. The quantitative estimate of drug-likeness (QED) is 0.370. The molecule has 1 N–H and O–H groups in total. The van der Waals surface area contributed by atoms with Crippen molar-refractivity contribution in [2.45, 2.75) is 64.0 Å². The third-order valence-corrected chi connectivity index (χ3v) is 8.02. The highest BCUT2D eigenvalue weighted by atomic mass is 35.5. The van der Waals surface area contributed by atoms with Crippen molar-refractivity contribution in [2.24, 2.45) is 5.92 Å². The minimum absolute atomic E-state index is 0.0221. The Morgan fingerprint density at radius 3 is 2.69 bits per heavy atom. The summed E-state index contributed by atoms with van der Waals surface area (Å²) in [6.07, 6.45) is 16.4. The molecule has 8 heteroatoms. The number of nitrogens with zero attached hydrogens (tertiary/aromatic N) is 4. The van der Waals surface area contributed by atoms with Gasteiger partial charge in [-0.3, -0.25) is 4.57 Å². The number of halogens is 1. The topological polar surface area (TPSA) is 77.7 Å². The number of nitrogens with one attached hydrogen (secondary N) is 1. The lowest BCUT2D eigenvalue weighted by atomic mass is 9.87. The van der Waals surface area contributed by atoms with Crippen LogP contribution in [0.3, 0.4) is 0 Å². The summed E-state index contributed by atoms with van der Waals surface area (Å²) in [6, 6.07) is 4.12. The van der Waals surface area contributed by atoms with E-state index in [9.17, 15) is 4.79 Å². The normalized spacial score (nSPS) is 21.0. The summed E-state index contributed by atoms with van der Waals surface area (Å²) in [4.78, 5) is 26.2. The summed E-state index contributed by atoms with van der Waals surface area (Å²) in [7, 11) is 1.79. The number of ether oxygens (including phenoxy) is 1. The Morgan fingerprint density at radius 2 is 1.91 bits per heavy atom. The maximum atomic E-state index is 13.8. The molecule has 1 saturated carbocycles. The summed E-state index contributed by atoms with van der Waals surface area (Å²) in [5.41, 5.74) is 5.34. The predicted molar refractivity (Wildman–Crippen MR) is 140 cm³/mol. The maximum absolute atomic E-state index is 13.8. The Balaban J connectivity index is 1.45. The molecule has 0 radical (unpaired) electrons. The molecule has 2 aliphatic carbocycles. The van der Waals surface area contributed by atoms with Crippen molar-refractivity contribution >= 4 is 39.5 Å². The number of methoxy groups -OCH3 is 1. The molecule has 0 bridgehead atoms. The molecule has 6 rings (SSSR count). The minimum atomic E-state index is 0.0221. The van der Waals surface area contributed by atoms with Gasteiger partial charge in [0.25, 0.3) is 0 Å². The van der Waals surface area contributed by atoms with Gasteiger partial charge in [-0.05, 0) is 69.4 Å². The summed E-state index contributed by atoms with van der Waals surface area (Å²) in [5.74, 6) is 0.457. The third-order valence-electron chi connectivity index (χ3n) is 7.71. The molecule has 0 saturated heterocycles. The van der Waals surface area contributed by atoms with E-state index in [1.54, 1.807) is 13.3 Å². The fourth-order valence-electron chi connectivity index (χ4n) is 5.69. The second-order valence-corrected chi connectivity index (χ2v) is 10.3. The molecule has 0 aliphatic heterocycles. The molecule has 0 unspecified atom stereocenters. The summed E-state index contributed by atoms with van der Waals surface area (Å²) in [6.45, 7) is 0.706. The van der Waals surface area contributed by atoms with Gasteiger partial charge in [0.2, 0.25) is 0 Å². The first kappa shape index (κ1) is 22.6. The maximum Gasteiger partial charge on any atom is 0.334 e. The Labute approximate surface area is 208 Å². The molecule has 35 heavy (non-hydrogen) atoms. The number of fused-ring (bicyclic) bond motifs is 2. The zero-order valence-corrected chi connectivity index (χ0v) is 20.7. The van der Waals surface area contributed by atoms with Crippen LogP contribution in [0.1, 0.15) is 51.4 Å². The van der Waals surface area contributed by atoms with Crippen molar-refractivity contribution in [3.05, 3.63) is 52.3 Å². The number of allylic oxidation sites excluding steroid dienone is 2. The van der Waals surface area contributed by atoms with Crippen molar-refractivity contribution in [3.8, 4) is 11.1 Å². The van der Waals surface area contributed by atoms with Crippen molar-refractivity contribution in [2.75, 3.05) is 7.11 Å². The van der Waals surface area contributed by atoms with Gasteiger partial charge in [0, 0.05) is 54.5 Å². The molecule has 4 heterocycles. The number of pyridine rings is 2. The largest absolute Gasteiger partial charge is 0.381 e. The van der Waals surface area contributed by atoms with E-state index in [-0.39, 0.29) is 5.69 Å². The van der Waals surface area contributed by atoms with Crippen molar-refractivity contribution < 1.29 is 4.74 Å². The van der Waals surface area contributed by atoms with E-state index in [1.807, 2.05) is 27.6 Å². The molecule has 182 valence electrons. The first-order chi connectivity index (χ1) is 17.1. The zero-order valence-electron chi connectivity index (χ0n) is 20.0. The number of rotatable bonds is 5. The van der Waals surface area contributed by atoms with E-state index < -0.39 is 0 Å². The average molecular weight is 492 g/mol. The number of H-pyrrole nitrogens is 1. The van der Waals surface area contributed by atoms with Crippen LogP contribution in [0.5, 0.6) is 0 Å². The molecule has 0 atom stereocenters. The Kier molecular flexibility index (Phi) is 5.98. The average Bonchev–Trinajstić information content (AvgIpc) is 3.41. The molecule has 0 amide bonds. The lowest BCUT2D eigenvalue weighted by Gasteiger charge is -2.27. The highest BCUT2D eigenvalue weighted by Gasteiger charge is 2.25. The minimum Gasteiger partial charge on any atom is -0.381 e. The van der Waals surface area contributed by atoms with Crippen molar-refractivity contribution in [1.82, 2.24) is 24.1 Å². The Bertz CT molecular complexity index is 1470. The smallest absolute Gasteiger partial charge is 0.334 e. The predicted octanol–water partition coefficient (Wildman–Crippen LogP) is 6.01. The monoisotopic (exact) mass is 491 g/mol. The van der Waals surface area contributed by atoms with E-state index in [1.165, 1.54) is 6.42 Å². The molecule has 0 aromatic carbocycles. The van der Waals surface area contributed by atoms with Crippen LogP contribution >= 0.6 is 11.6 Å². The summed E-state index contributed by atoms with van der Waals surface area (Å²) < 4.78 is 9.36. The highest BCUT2D eigenvalue weighted by molar-refractivity contribution is 6.35. The fourth-order valence-corrected chi connectivity index (χ4v) is 5.88. The van der Waals surface area contributed by atoms with Gasteiger partial charge in [-0.25, -0.2) is 19.3 Å². The van der Waals surface area contributed by atoms with Crippen LogP contribution in [0.2, 0.25) is 5.02 Å². The number of aromatic amines is 1. The van der Waals surface area contributed by atoms with Crippen LogP contribution in [0, 0.1) is 5.92 Å². The first-order valence-electron chi connectivity index (χ1n) is 12.6. The highest BCUT2D eigenvalue weighted by Crippen LogP contribution is 2.32. The van der Waals surface area contributed by atoms with E-state index in [4.69, 9.17) is 21.3 Å². The van der Waals surface area contributed by atoms with Crippen LogP contribution in [0.25, 0.3) is 39.0 Å². The van der Waals surface area contributed by atoms with Gasteiger partial charge in [-0.2, -0.15) is 0 Å². The number of aromatic nitrogens is 5. The van der Waals surface area contributed by atoms with Gasteiger partial charge in [-0.1, -0.05) is 17.7 Å². The fraction of sp³-hybridized carbons (Fsp3) is 0.444. The number of imidazole rings is 1. The van der Waals surface area contributed by atoms with Gasteiger partial charge in [0.05, 0.1) is 16.6 Å². The zero-order chi connectivity index (χ0) is 23.9. The van der Waals surface area contributed by atoms with Gasteiger partial charge in [-0.15, -0.1) is 0 Å². The number of hydrogen-bond acceptors (Lipinski definition) is 4. The third kappa shape index (κ3) is 4.10. The van der Waals surface area contributed by atoms with E-state index >= 15 is 0 Å². The summed E-state index contributed by atoms with van der Waals surface area (Å²) >= 11 is 6.34. The second kappa shape index (κ2) is 9.28. The van der Waals surface area contributed by atoms with Crippen LogP contribution in [0.15, 0.2) is 41.6 Å². The Morgan fingerprint density at radius 1 is 1.11 bits per heavy atom. The molecule has 7 nitrogen and oxygen atoms in total. The van der Waals surface area contributed by atoms with Crippen molar-refractivity contribution in [3.63, 3.8) is 0 Å². The van der Waals surface area contributed by atoms with Crippen molar-refractivity contribution in [1.29, 1.82) is 0 Å². The molecule has 4 aromatic rings. The molecule has 4 aromatic heterocycles. The van der Waals surface area contributed by atoms with Gasteiger partial charge >= 0.3 is 5.69 Å². The number of hydrogen-bond donors (Lipinski definition) is 1. The van der Waals surface area contributed by atoms with Crippen LogP contribution < -0.4 is 5.69 Å². The molecule has 1 fully saturated rings.